The Kier molecular flexibility index (Phi) is 5.40. The first kappa shape index (κ1) is 18.2. The maximum Gasteiger partial charge on any atom is 0.347 e. The number of phenolic OH excluding ortho intramolecular Hbond substituents is 2. The fourth-order valence-electron chi connectivity index (χ4n) is 3.11. The molecule has 6 heteroatoms. The van der Waals surface area contributed by atoms with E-state index >= 15 is 0 Å². The lowest BCUT2D eigenvalue weighted by atomic mass is 10.1. The summed E-state index contributed by atoms with van der Waals surface area (Å²) in [6.45, 7) is 4.22. The second-order valence-corrected chi connectivity index (χ2v) is 6.55. The molecule has 2 aromatic heterocycles. The Hall–Kier alpha value is -2.63. The van der Waals surface area contributed by atoms with Gasteiger partial charge in [-0.15, -0.1) is 0 Å². The molecule has 26 heavy (non-hydrogen) atoms. The predicted molar refractivity (Wildman–Crippen MR) is 99.2 cm³/mol. The summed E-state index contributed by atoms with van der Waals surface area (Å²) in [5, 5.41) is 20.8. The monoisotopic (exact) mass is 360 g/mol. The van der Waals surface area contributed by atoms with Crippen molar-refractivity contribution in [3.05, 3.63) is 28.3 Å². The molecule has 0 aliphatic heterocycles. The number of unbranched alkanes of at least 4 members (excludes halogenated alkanes) is 5. The Labute approximate surface area is 151 Å². The minimum absolute atomic E-state index is 0.0572. The minimum Gasteiger partial charge on any atom is -0.504 e. The number of fused-ring (bicyclic) bond motifs is 3. The third-order valence-corrected chi connectivity index (χ3v) is 4.45. The van der Waals surface area contributed by atoms with Gasteiger partial charge in [0.2, 0.25) is 11.5 Å². The summed E-state index contributed by atoms with van der Waals surface area (Å²) in [6, 6.07) is 2.89. The first-order valence-corrected chi connectivity index (χ1v) is 9.07. The van der Waals surface area contributed by atoms with Crippen LogP contribution in [-0.2, 0) is 0 Å². The minimum atomic E-state index is -0.550. The van der Waals surface area contributed by atoms with Gasteiger partial charge in [-0.1, -0.05) is 39.0 Å². The summed E-state index contributed by atoms with van der Waals surface area (Å²) < 4.78 is 16.5. The number of hydrogen-bond donors (Lipinski definition) is 2. The summed E-state index contributed by atoms with van der Waals surface area (Å²) in [7, 11) is 0. The van der Waals surface area contributed by atoms with Crippen LogP contribution in [-0.4, -0.2) is 16.8 Å². The molecule has 0 radical (unpaired) electrons. The highest BCUT2D eigenvalue weighted by atomic mass is 16.5. The summed E-state index contributed by atoms with van der Waals surface area (Å²) in [5.74, 6) is -0.270. The van der Waals surface area contributed by atoms with Gasteiger partial charge in [-0.2, -0.15) is 0 Å². The van der Waals surface area contributed by atoms with Gasteiger partial charge in [0.1, 0.15) is 16.7 Å². The van der Waals surface area contributed by atoms with E-state index in [9.17, 15) is 15.0 Å². The molecular weight excluding hydrogens is 336 g/mol. The van der Waals surface area contributed by atoms with E-state index < -0.39 is 5.63 Å². The van der Waals surface area contributed by atoms with Crippen LogP contribution in [0.15, 0.2) is 25.8 Å². The largest absolute Gasteiger partial charge is 0.504 e. The zero-order valence-electron chi connectivity index (χ0n) is 15.1. The van der Waals surface area contributed by atoms with E-state index in [1.807, 2.05) is 0 Å². The van der Waals surface area contributed by atoms with Gasteiger partial charge in [-0.05, 0) is 19.4 Å². The molecule has 1 aromatic carbocycles. The van der Waals surface area contributed by atoms with Crippen LogP contribution >= 0.6 is 0 Å². The predicted octanol–water partition coefficient (Wildman–Crippen LogP) is 5.00. The van der Waals surface area contributed by atoms with Crippen LogP contribution in [0.25, 0.3) is 21.9 Å². The molecule has 0 aliphatic rings. The van der Waals surface area contributed by atoms with E-state index in [2.05, 4.69) is 6.92 Å². The van der Waals surface area contributed by atoms with Gasteiger partial charge in [0.15, 0.2) is 11.3 Å². The molecule has 0 amide bonds. The number of rotatable bonds is 8. The van der Waals surface area contributed by atoms with E-state index in [1.165, 1.54) is 25.3 Å². The molecular formula is C20H24O6. The van der Waals surface area contributed by atoms with E-state index in [1.54, 1.807) is 13.0 Å². The Morgan fingerprint density at radius 2 is 1.77 bits per heavy atom. The van der Waals surface area contributed by atoms with Crippen molar-refractivity contribution < 1.29 is 23.8 Å². The molecule has 0 unspecified atom stereocenters. The zero-order chi connectivity index (χ0) is 18.7. The van der Waals surface area contributed by atoms with Crippen LogP contribution in [0.1, 0.15) is 51.2 Å². The molecule has 6 nitrogen and oxygen atoms in total. The van der Waals surface area contributed by atoms with Crippen LogP contribution in [0, 0.1) is 6.92 Å². The first-order valence-electron chi connectivity index (χ1n) is 9.07. The Morgan fingerprint density at radius 3 is 2.54 bits per heavy atom. The van der Waals surface area contributed by atoms with Crippen molar-refractivity contribution in [3.8, 4) is 17.2 Å². The average molecular weight is 360 g/mol. The Morgan fingerprint density at radius 1 is 1.04 bits per heavy atom. The maximum atomic E-state index is 12.2. The fraction of sp³-hybridized carbons (Fsp3) is 0.450. The number of hydrogen-bond acceptors (Lipinski definition) is 6. The topological polar surface area (TPSA) is 93.0 Å². The van der Waals surface area contributed by atoms with Gasteiger partial charge in [-0.3, -0.25) is 0 Å². The third-order valence-electron chi connectivity index (χ3n) is 4.45. The number of aromatic hydroxyl groups is 2. The highest BCUT2D eigenvalue weighted by Crippen LogP contribution is 2.45. The van der Waals surface area contributed by atoms with Crippen molar-refractivity contribution in [1.82, 2.24) is 0 Å². The fourth-order valence-corrected chi connectivity index (χ4v) is 3.11. The molecule has 140 valence electrons. The van der Waals surface area contributed by atoms with Gasteiger partial charge < -0.3 is 23.8 Å². The van der Waals surface area contributed by atoms with Crippen molar-refractivity contribution in [2.75, 3.05) is 6.61 Å². The van der Waals surface area contributed by atoms with Crippen LogP contribution in [0.2, 0.25) is 0 Å². The quantitative estimate of drug-likeness (QED) is 0.434. The van der Waals surface area contributed by atoms with Crippen LogP contribution < -0.4 is 10.4 Å². The van der Waals surface area contributed by atoms with Crippen molar-refractivity contribution in [2.45, 2.75) is 52.4 Å². The van der Waals surface area contributed by atoms with Gasteiger partial charge in [0.25, 0.3) is 0 Å². The summed E-state index contributed by atoms with van der Waals surface area (Å²) >= 11 is 0. The molecule has 2 heterocycles. The maximum absolute atomic E-state index is 12.2. The lowest BCUT2D eigenvalue weighted by Gasteiger charge is -2.09. The smallest absolute Gasteiger partial charge is 0.347 e. The molecule has 0 spiro atoms. The molecule has 0 aliphatic carbocycles. The highest BCUT2D eigenvalue weighted by molar-refractivity contribution is 6.07. The molecule has 0 saturated carbocycles. The molecule has 0 bridgehead atoms. The Bertz CT molecular complexity index is 966. The lowest BCUT2D eigenvalue weighted by Crippen LogP contribution is -1.99. The molecule has 3 aromatic rings. The van der Waals surface area contributed by atoms with Gasteiger partial charge in [0, 0.05) is 11.5 Å². The molecule has 0 saturated heterocycles. The van der Waals surface area contributed by atoms with E-state index in [-0.39, 0.29) is 28.2 Å². The number of aryl methyl sites for hydroxylation is 1. The standard InChI is InChI=1S/C20H24O6/c1-3-4-5-6-7-8-9-24-19-17(22)14(21)11-13-16-15(26-18(13)19)10-12(2)25-20(16)23/h10-11,21-22H,3-9H2,1-2H3. The Balaban J connectivity index is 1.88. The number of benzene rings is 1. The first-order chi connectivity index (χ1) is 12.5. The third kappa shape index (κ3) is 3.49. The van der Waals surface area contributed by atoms with Crippen LogP contribution in [0.3, 0.4) is 0 Å². The summed E-state index contributed by atoms with van der Waals surface area (Å²) in [4.78, 5) is 12.2. The lowest BCUT2D eigenvalue weighted by molar-refractivity contribution is 0.283. The summed E-state index contributed by atoms with van der Waals surface area (Å²) in [5.41, 5.74) is 0.0214. The number of ether oxygens (including phenoxy) is 1. The second-order valence-electron chi connectivity index (χ2n) is 6.55. The van der Waals surface area contributed by atoms with Crippen molar-refractivity contribution >= 4 is 21.9 Å². The van der Waals surface area contributed by atoms with Crippen LogP contribution in [0.4, 0.5) is 0 Å². The molecule has 0 fully saturated rings. The molecule has 3 rings (SSSR count). The van der Waals surface area contributed by atoms with E-state index in [0.717, 1.165) is 19.3 Å². The molecule has 2 N–H and O–H groups in total. The van der Waals surface area contributed by atoms with Gasteiger partial charge >= 0.3 is 5.63 Å². The van der Waals surface area contributed by atoms with Crippen molar-refractivity contribution in [3.63, 3.8) is 0 Å². The van der Waals surface area contributed by atoms with Gasteiger partial charge in [0.05, 0.1) is 6.61 Å². The van der Waals surface area contributed by atoms with E-state index in [0.29, 0.717) is 23.3 Å². The average Bonchev–Trinajstić information content (AvgIpc) is 2.95. The normalized spacial score (nSPS) is 11.5. The SMILES string of the molecule is CCCCCCCCOc1c(O)c(O)cc2c1oc1cc(C)oc(=O)c12. The van der Waals surface area contributed by atoms with Gasteiger partial charge in [-0.25, -0.2) is 4.79 Å². The van der Waals surface area contributed by atoms with Crippen molar-refractivity contribution in [1.29, 1.82) is 0 Å². The zero-order valence-corrected chi connectivity index (χ0v) is 15.1. The number of phenols is 2. The highest BCUT2D eigenvalue weighted by Gasteiger charge is 2.22. The van der Waals surface area contributed by atoms with E-state index in [4.69, 9.17) is 13.6 Å². The number of furan rings is 1. The van der Waals surface area contributed by atoms with Crippen LogP contribution in [0.5, 0.6) is 17.2 Å². The summed E-state index contributed by atoms with van der Waals surface area (Å²) in [6.07, 6.45) is 6.65. The second kappa shape index (κ2) is 7.72. The van der Waals surface area contributed by atoms with Crippen molar-refractivity contribution in [2.24, 2.45) is 0 Å². The molecule has 0 atom stereocenters.